The Morgan fingerprint density at radius 1 is 0.875 bits per heavy atom. The largest absolute Gasteiger partial charge is 0.478 e. The van der Waals surface area contributed by atoms with Crippen LogP contribution in [0.3, 0.4) is 0 Å². The SMILES string of the molecule is O=C(O)c1ccc(CN2[C@@H]3CC[C@H]2CC(Nc2ccc(Cc4ccncc4)cc2)C3)cc1. The molecule has 0 spiro atoms. The lowest BCUT2D eigenvalue weighted by atomic mass is 9.96. The van der Waals surface area contributed by atoms with Crippen molar-refractivity contribution in [2.45, 2.75) is 56.8 Å². The Bertz CT molecular complexity index is 1040. The van der Waals surface area contributed by atoms with Gasteiger partial charge in [0.05, 0.1) is 5.56 Å². The maximum absolute atomic E-state index is 11.1. The molecule has 2 bridgehead atoms. The van der Waals surface area contributed by atoms with Gasteiger partial charge in [0.25, 0.3) is 0 Å². The molecule has 2 aliphatic rings. The highest BCUT2D eigenvalue weighted by atomic mass is 16.4. The summed E-state index contributed by atoms with van der Waals surface area (Å²) >= 11 is 0. The molecule has 2 fully saturated rings. The van der Waals surface area contributed by atoms with Crippen LogP contribution >= 0.6 is 0 Å². The average Bonchev–Trinajstić information content (AvgIpc) is 3.03. The van der Waals surface area contributed by atoms with E-state index in [1.165, 1.54) is 35.2 Å². The van der Waals surface area contributed by atoms with Crippen LogP contribution < -0.4 is 5.32 Å². The van der Waals surface area contributed by atoms with E-state index in [2.05, 4.69) is 51.6 Å². The number of aromatic nitrogens is 1. The van der Waals surface area contributed by atoms with E-state index in [-0.39, 0.29) is 0 Å². The van der Waals surface area contributed by atoms with Gasteiger partial charge < -0.3 is 10.4 Å². The third-order valence-electron chi connectivity index (χ3n) is 6.93. The van der Waals surface area contributed by atoms with Gasteiger partial charge in [0.1, 0.15) is 0 Å². The van der Waals surface area contributed by atoms with Gasteiger partial charge in [-0.2, -0.15) is 0 Å². The number of carboxylic acid groups (broad SMARTS) is 1. The predicted octanol–water partition coefficient (Wildman–Crippen LogP) is 4.98. The number of carboxylic acids is 1. The molecular weight excluding hydrogens is 398 g/mol. The van der Waals surface area contributed by atoms with Gasteiger partial charge in [-0.15, -0.1) is 0 Å². The summed E-state index contributed by atoms with van der Waals surface area (Å²) in [6, 6.07) is 22.0. The van der Waals surface area contributed by atoms with Crippen molar-refractivity contribution in [3.8, 4) is 0 Å². The number of aromatic carboxylic acids is 1. The normalized spacial score (nSPS) is 22.6. The van der Waals surface area contributed by atoms with Crippen LogP contribution in [0.15, 0.2) is 73.1 Å². The first kappa shape index (κ1) is 20.7. The first-order valence-electron chi connectivity index (χ1n) is 11.5. The summed E-state index contributed by atoms with van der Waals surface area (Å²) < 4.78 is 0. The van der Waals surface area contributed by atoms with Crippen LogP contribution in [0.4, 0.5) is 5.69 Å². The number of fused-ring (bicyclic) bond motifs is 2. The zero-order valence-electron chi connectivity index (χ0n) is 18.2. The van der Waals surface area contributed by atoms with E-state index in [1.807, 2.05) is 24.5 Å². The highest BCUT2D eigenvalue weighted by Gasteiger charge is 2.40. The van der Waals surface area contributed by atoms with Gasteiger partial charge in [-0.05, 0) is 85.2 Å². The summed E-state index contributed by atoms with van der Waals surface area (Å²) in [5.74, 6) is -0.867. The van der Waals surface area contributed by atoms with Gasteiger partial charge in [0.2, 0.25) is 0 Å². The lowest BCUT2D eigenvalue weighted by Gasteiger charge is -2.39. The first-order valence-corrected chi connectivity index (χ1v) is 11.5. The number of hydrogen-bond donors (Lipinski definition) is 2. The number of piperidine rings is 1. The first-order chi connectivity index (χ1) is 15.6. The number of benzene rings is 2. The lowest BCUT2D eigenvalue weighted by molar-refractivity contribution is 0.0696. The Labute approximate surface area is 189 Å². The molecule has 0 amide bonds. The fourth-order valence-electron chi connectivity index (χ4n) is 5.30. The third kappa shape index (κ3) is 4.68. The Hall–Kier alpha value is -3.18. The van der Waals surface area contributed by atoms with Gasteiger partial charge in [-0.25, -0.2) is 4.79 Å². The van der Waals surface area contributed by atoms with E-state index in [4.69, 9.17) is 5.11 Å². The second kappa shape index (κ2) is 9.13. The van der Waals surface area contributed by atoms with Crippen LogP contribution in [0, 0.1) is 0 Å². The van der Waals surface area contributed by atoms with Gasteiger partial charge in [-0.3, -0.25) is 9.88 Å². The van der Waals surface area contributed by atoms with Gasteiger partial charge in [0, 0.05) is 42.8 Å². The fraction of sp³-hybridized carbons (Fsp3) is 0.333. The van der Waals surface area contributed by atoms with Crippen LogP contribution in [0.2, 0.25) is 0 Å². The molecule has 2 N–H and O–H groups in total. The smallest absolute Gasteiger partial charge is 0.335 e. The minimum absolute atomic E-state index is 0.353. The molecule has 5 nitrogen and oxygen atoms in total. The number of anilines is 1. The molecule has 164 valence electrons. The lowest BCUT2D eigenvalue weighted by Crippen LogP contribution is -2.46. The predicted molar refractivity (Wildman–Crippen MR) is 126 cm³/mol. The molecule has 32 heavy (non-hydrogen) atoms. The number of rotatable bonds is 7. The number of carbonyl (C=O) groups is 1. The van der Waals surface area contributed by atoms with Crippen molar-refractivity contribution >= 4 is 11.7 Å². The van der Waals surface area contributed by atoms with E-state index < -0.39 is 5.97 Å². The quantitative estimate of drug-likeness (QED) is 0.557. The minimum Gasteiger partial charge on any atom is -0.478 e. The molecule has 0 saturated carbocycles. The van der Waals surface area contributed by atoms with Crippen molar-refractivity contribution in [3.05, 3.63) is 95.3 Å². The molecule has 2 saturated heterocycles. The minimum atomic E-state index is -0.867. The third-order valence-corrected chi connectivity index (χ3v) is 6.93. The summed E-state index contributed by atoms with van der Waals surface area (Å²) in [7, 11) is 0. The number of hydrogen-bond acceptors (Lipinski definition) is 4. The van der Waals surface area contributed by atoms with Crippen LogP contribution in [-0.4, -0.2) is 39.1 Å². The van der Waals surface area contributed by atoms with Crippen LogP contribution in [-0.2, 0) is 13.0 Å². The van der Waals surface area contributed by atoms with Gasteiger partial charge >= 0.3 is 5.97 Å². The highest BCUT2D eigenvalue weighted by Crippen LogP contribution is 2.38. The Morgan fingerprint density at radius 3 is 2.09 bits per heavy atom. The summed E-state index contributed by atoms with van der Waals surface area (Å²) in [4.78, 5) is 17.8. The van der Waals surface area contributed by atoms with Crippen LogP contribution in [0.1, 0.15) is 52.7 Å². The van der Waals surface area contributed by atoms with Crippen molar-refractivity contribution in [3.63, 3.8) is 0 Å². The topological polar surface area (TPSA) is 65.5 Å². The van der Waals surface area contributed by atoms with Crippen molar-refractivity contribution < 1.29 is 9.90 Å². The van der Waals surface area contributed by atoms with Crippen molar-refractivity contribution in [1.82, 2.24) is 9.88 Å². The maximum Gasteiger partial charge on any atom is 0.335 e. The molecule has 1 unspecified atom stereocenters. The van der Waals surface area contributed by atoms with E-state index in [0.717, 1.165) is 25.8 Å². The summed E-state index contributed by atoms with van der Waals surface area (Å²) in [5.41, 5.74) is 5.34. The van der Waals surface area contributed by atoms with Crippen molar-refractivity contribution in [2.75, 3.05) is 5.32 Å². The van der Waals surface area contributed by atoms with Crippen molar-refractivity contribution in [2.24, 2.45) is 0 Å². The van der Waals surface area contributed by atoms with E-state index in [0.29, 0.717) is 23.7 Å². The van der Waals surface area contributed by atoms with E-state index in [1.54, 1.807) is 12.1 Å². The Balaban J connectivity index is 1.17. The summed E-state index contributed by atoms with van der Waals surface area (Å²) in [6.45, 7) is 0.908. The Kier molecular flexibility index (Phi) is 5.91. The molecule has 1 aromatic heterocycles. The summed E-state index contributed by atoms with van der Waals surface area (Å²) in [5, 5.41) is 12.9. The molecule has 2 aromatic carbocycles. The van der Waals surface area contributed by atoms with Gasteiger partial charge in [0.15, 0.2) is 0 Å². The zero-order chi connectivity index (χ0) is 21.9. The molecule has 0 aliphatic carbocycles. The van der Waals surface area contributed by atoms with Crippen LogP contribution in [0.25, 0.3) is 0 Å². The molecule has 3 aromatic rings. The number of nitrogens with one attached hydrogen (secondary N) is 1. The monoisotopic (exact) mass is 427 g/mol. The molecule has 3 heterocycles. The maximum atomic E-state index is 11.1. The van der Waals surface area contributed by atoms with Gasteiger partial charge in [-0.1, -0.05) is 24.3 Å². The van der Waals surface area contributed by atoms with Crippen molar-refractivity contribution in [1.29, 1.82) is 0 Å². The molecule has 2 aliphatic heterocycles. The average molecular weight is 428 g/mol. The fourth-order valence-corrected chi connectivity index (χ4v) is 5.30. The Morgan fingerprint density at radius 2 is 1.47 bits per heavy atom. The molecule has 3 atom stereocenters. The highest BCUT2D eigenvalue weighted by molar-refractivity contribution is 5.87. The molecule has 5 heteroatoms. The van der Waals surface area contributed by atoms with E-state index in [9.17, 15) is 4.79 Å². The number of pyridine rings is 1. The second-order valence-corrected chi connectivity index (χ2v) is 9.10. The van der Waals surface area contributed by atoms with E-state index >= 15 is 0 Å². The molecular formula is C27H29N3O2. The second-order valence-electron chi connectivity index (χ2n) is 9.10. The van der Waals surface area contributed by atoms with Crippen LogP contribution in [0.5, 0.6) is 0 Å². The molecule has 5 rings (SSSR count). The number of nitrogens with zero attached hydrogens (tertiary/aromatic N) is 2. The molecule has 0 radical (unpaired) electrons. The zero-order valence-corrected chi connectivity index (χ0v) is 18.2. The standard InChI is InChI=1S/C27H29N3O2/c31-27(32)22-5-1-21(2-6-22)18-30-25-9-10-26(30)17-24(16-25)29-23-7-3-19(4-8-23)15-20-11-13-28-14-12-20/h1-8,11-14,24-26,29H,9-10,15-18H2,(H,31,32)/t24?,25-,26+. The summed E-state index contributed by atoms with van der Waals surface area (Å²) in [6.07, 6.45) is 9.43.